The van der Waals surface area contributed by atoms with Gasteiger partial charge in [-0.15, -0.1) is 0 Å². The van der Waals surface area contributed by atoms with Crippen molar-refractivity contribution in [3.8, 4) is 0 Å². The van der Waals surface area contributed by atoms with Gasteiger partial charge < -0.3 is 25.8 Å². The topological polar surface area (TPSA) is 152 Å². The van der Waals surface area contributed by atoms with Gasteiger partial charge in [0.05, 0.1) is 35.3 Å². The number of aromatic nitrogens is 1. The average Bonchev–Trinajstić information content (AvgIpc) is 3.47. The van der Waals surface area contributed by atoms with E-state index in [2.05, 4.69) is 43.3 Å². The second kappa shape index (κ2) is 18.0. The van der Waals surface area contributed by atoms with Crippen LogP contribution in [0.4, 0.5) is 11.4 Å². The van der Waals surface area contributed by atoms with Gasteiger partial charge in [-0.2, -0.15) is 0 Å². The van der Waals surface area contributed by atoms with Crippen LogP contribution in [0.3, 0.4) is 0 Å². The van der Waals surface area contributed by atoms with Gasteiger partial charge in [0.15, 0.2) is 0 Å². The molecule has 4 rings (SSSR count). The van der Waals surface area contributed by atoms with Crippen LogP contribution in [-0.2, 0) is 27.7 Å². The Balaban J connectivity index is 0.00000209. The van der Waals surface area contributed by atoms with Crippen molar-refractivity contribution < 1.29 is 28.2 Å². The summed E-state index contributed by atoms with van der Waals surface area (Å²) in [5.41, 5.74) is 3.56. The molecule has 2 atom stereocenters. The van der Waals surface area contributed by atoms with Crippen LogP contribution in [0.1, 0.15) is 75.4 Å². The first-order valence-corrected chi connectivity index (χ1v) is 18.6. The molecule has 49 heavy (non-hydrogen) atoms. The lowest BCUT2D eigenvalue weighted by Gasteiger charge is -2.31. The largest absolute Gasteiger partial charge is 0.483 e. The third kappa shape index (κ3) is 11.4. The number of nitrogens with one attached hydrogen (secondary N) is 3. The monoisotopic (exact) mass is 692 g/mol. The van der Waals surface area contributed by atoms with Gasteiger partial charge in [-0.1, -0.05) is 82.1 Å². The van der Waals surface area contributed by atoms with Crippen LogP contribution < -0.4 is 14.9 Å². The maximum Gasteiger partial charge on any atom is 0.290 e. The van der Waals surface area contributed by atoms with Crippen LogP contribution in [0.2, 0.25) is 0 Å². The van der Waals surface area contributed by atoms with E-state index >= 15 is 0 Å². The molecule has 266 valence electrons. The fraction of sp³-hybridized carbons (Fsp3) is 0.421. The predicted molar refractivity (Wildman–Crippen MR) is 198 cm³/mol. The maximum absolute atomic E-state index is 14.1. The number of para-hydroxylation sites is 1. The van der Waals surface area contributed by atoms with Gasteiger partial charge in [0.1, 0.15) is 0 Å². The SMILES string of the molecule is CCc1c[nH]c2c(N(c3ccccc3)S(C)(=O)=O)cc(C(=O)N[C@@H](Cc3ccccc3)[C@H](O)CNC(C)(C)CCCC(C)C)cc12.O=CO. The summed E-state index contributed by atoms with van der Waals surface area (Å²) in [4.78, 5) is 25.7. The number of carboxylic acid groups (broad SMARTS) is 1. The number of aliphatic hydroxyl groups excluding tert-OH is 1. The van der Waals surface area contributed by atoms with Crippen molar-refractivity contribution >= 4 is 44.7 Å². The Bertz CT molecular complexity index is 1740. The fourth-order valence-electron chi connectivity index (χ4n) is 5.89. The Morgan fingerprint density at radius 2 is 1.65 bits per heavy atom. The van der Waals surface area contributed by atoms with Gasteiger partial charge in [-0.25, -0.2) is 12.7 Å². The second-order valence-corrected chi connectivity index (χ2v) is 15.3. The lowest BCUT2D eigenvalue weighted by molar-refractivity contribution is -0.122. The zero-order valence-electron chi connectivity index (χ0n) is 29.4. The van der Waals surface area contributed by atoms with E-state index in [4.69, 9.17) is 9.90 Å². The minimum atomic E-state index is -3.78. The molecule has 0 saturated heterocycles. The molecule has 0 radical (unpaired) electrons. The highest BCUT2D eigenvalue weighted by molar-refractivity contribution is 7.92. The molecule has 0 aliphatic carbocycles. The van der Waals surface area contributed by atoms with Crippen LogP contribution in [0.25, 0.3) is 10.9 Å². The molecule has 0 saturated carbocycles. The van der Waals surface area contributed by atoms with Gasteiger partial charge in [0, 0.05) is 29.2 Å². The first-order chi connectivity index (χ1) is 23.2. The highest BCUT2D eigenvalue weighted by Crippen LogP contribution is 2.36. The summed E-state index contributed by atoms with van der Waals surface area (Å²) in [5, 5.41) is 25.8. The lowest BCUT2D eigenvalue weighted by atomic mass is 9.93. The van der Waals surface area contributed by atoms with Gasteiger partial charge in [-0.3, -0.25) is 9.59 Å². The summed E-state index contributed by atoms with van der Waals surface area (Å²) in [6, 6.07) is 21.5. The third-order valence-corrected chi connectivity index (χ3v) is 9.56. The van der Waals surface area contributed by atoms with Gasteiger partial charge in [-0.05, 0) is 74.4 Å². The number of hydrogen-bond donors (Lipinski definition) is 5. The van der Waals surface area contributed by atoms with Crippen LogP contribution in [-0.4, -0.2) is 66.5 Å². The van der Waals surface area contributed by atoms with Crippen molar-refractivity contribution in [2.45, 2.75) is 84.4 Å². The molecule has 4 aromatic rings. The second-order valence-electron chi connectivity index (χ2n) is 13.4. The molecule has 5 N–H and O–H groups in total. The van der Waals surface area contributed by atoms with E-state index in [-0.39, 0.29) is 17.9 Å². The van der Waals surface area contributed by atoms with E-state index in [1.807, 2.05) is 49.5 Å². The number of rotatable bonds is 16. The van der Waals surface area contributed by atoms with Gasteiger partial charge in [0.2, 0.25) is 10.0 Å². The van der Waals surface area contributed by atoms with Crippen molar-refractivity contribution in [2.24, 2.45) is 5.92 Å². The van der Waals surface area contributed by atoms with Gasteiger partial charge >= 0.3 is 0 Å². The molecular formula is C38H52N4O6S. The Morgan fingerprint density at radius 1 is 1.04 bits per heavy atom. The Hall–Kier alpha value is -4.19. The van der Waals surface area contributed by atoms with Crippen LogP contribution in [0, 0.1) is 5.92 Å². The number of aromatic amines is 1. The van der Waals surface area contributed by atoms with E-state index in [1.165, 1.54) is 4.31 Å². The number of H-pyrrole nitrogens is 1. The molecular weight excluding hydrogens is 641 g/mol. The zero-order chi connectivity index (χ0) is 36.2. The summed E-state index contributed by atoms with van der Waals surface area (Å²) < 4.78 is 27.7. The van der Waals surface area contributed by atoms with E-state index in [9.17, 15) is 18.3 Å². The van der Waals surface area contributed by atoms with Crippen LogP contribution in [0.15, 0.2) is 79.0 Å². The summed E-state index contributed by atoms with van der Waals surface area (Å²) >= 11 is 0. The number of aryl methyl sites for hydroxylation is 1. The number of anilines is 2. The Kier molecular flexibility index (Phi) is 14.4. The van der Waals surface area contributed by atoms with E-state index in [0.29, 0.717) is 47.8 Å². The zero-order valence-corrected chi connectivity index (χ0v) is 30.3. The Labute approximate surface area is 291 Å². The number of β-amino-alcohol motifs (C(OH)–C–C–N with tert-alkyl or cyclic N) is 1. The molecule has 0 unspecified atom stereocenters. The molecule has 0 aliphatic heterocycles. The summed E-state index contributed by atoms with van der Waals surface area (Å²) in [7, 11) is -3.78. The number of sulfonamides is 1. The number of fused-ring (bicyclic) bond motifs is 1. The molecule has 1 amide bonds. The normalized spacial score (nSPS) is 13.0. The molecule has 1 aromatic heterocycles. The Morgan fingerprint density at radius 3 is 2.22 bits per heavy atom. The number of hydrogen-bond acceptors (Lipinski definition) is 6. The first kappa shape index (κ1) is 39.3. The van der Waals surface area contributed by atoms with Crippen molar-refractivity contribution in [3.05, 3.63) is 95.7 Å². The lowest BCUT2D eigenvalue weighted by Crippen LogP contribution is -2.52. The number of carbonyl (C=O) groups is 2. The minimum absolute atomic E-state index is 0.172. The molecule has 10 nitrogen and oxygen atoms in total. The molecule has 0 aliphatic rings. The standard InChI is InChI=1S/C37H50N4O4S.CH2O2/c1-7-28-24-38-35-31(28)22-29(23-33(35)41(46(6,44)45)30-18-12-9-13-19-30)36(43)40-32(21-27-16-10-8-11-17-27)34(42)25-39-37(4,5)20-14-15-26(2)3;2-1-3/h8-13,16-19,22-24,26,32,34,38-39,42H,7,14-15,20-21,25H2,1-6H3,(H,40,43);1H,(H,2,3)/t32-,34+;/m0./s1. The molecule has 11 heteroatoms. The number of nitrogens with zero attached hydrogens (tertiary/aromatic N) is 1. The smallest absolute Gasteiger partial charge is 0.290 e. The molecule has 1 heterocycles. The van der Waals surface area contributed by atoms with Crippen molar-refractivity contribution in [1.82, 2.24) is 15.6 Å². The van der Waals surface area contributed by atoms with Crippen LogP contribution >= 0.6 is 0 Å². The maximum atomic E-state index is 14.1. The summed E-state index contributed by atoms with van der Waals surface area (Å²) in [6.07, 6.45) is 6.50. The van der Waals surface area contributed by atoms with Gasteiger partial charge in [0.25, 0.3) is 12.4 Å². The fourth-order valence-corrected chi connectivity index (χ4v) is 6.90. The number of aliphatic hydroxyl groups is 1. The first-order valence-electron chi connectivity index (χ1n) is 16.8. The van der Waals surface area contributed by atoms with Crippen molar-refractivity contribution in [1.29, 1.82) is 0 Å². The van der Waals surface area contributed by atoms with E-state index < -0.39 is 22.2 Å². The average molecular weight is 693 g/mol. The number of carbonyl (C=O) groups excluding carboxylic acids is 1. The highest BCUT2D eigenvalue weighted by atomic mass is 32.2. The highest BCUT2D eigenvalue weighted by Gasteiger charge is 2.28. The minimum Gasteiger partial charge on any atom is -0.483 e. The quantitative estimate of drug-likeness (QED) is 0.0850. The number of amides is 1. The number of benzene rings is 3. The molecule has 0 bridgehead atoms. The molecule has 3 aromatic carbocycles. The molecule has 0 fully saturated rings. The van der Waals surface area contributed by atoms with E-state index in [0.717, 1.165) is 42.0 Å². The van der Waals surface area contributed by atoms with Crippen LogP contribution in [0.5, 0.6) is 0 Å². The van der Waals surface area contributed by atoms with Crippen molar-refractivity contribution in [2.75, 3.05) is 17.1 Å². The summed E-state index contributed by atoms with van der Waals surface area (Å²) in [6.45, 7) is 10.8. The summed E-state index contributed by atoms with van der Waals surface area (Å²) in [5.74, 6) is 0.257. The predicted octanol–water partition coefficient (Wildman–Crippen LogP) is 6.43. The third-order valence-electron chi connectivity index (χ3n) is 8.49. The molecule has 0 spiro atoms. The van der Waals surface area contributed by atoms with Crippen molar-refractivity contribution in [3.63, 3.8) is 0 Å². The van der Waals surface area contributed by atoms with E-state index in [1.54, 1.807) is 36.4 Å².